The van der Waals surface area contributed by atoms with Crippen LogP contribution in [0.4, 0.5) is 17.6 Å². The average Bonchev–Trinajstić information content (AvgIpc) is 2.45. The Balaban J connectivity index is 2.03. The van der Waals surface area contributed by atoms with Crippen molar-refractivity contribution >= 4 is 0 Å². The van der Waals surface area contributed by atoms with Crippen molar-refractivity contribution in [3.05, 3.63) is 35.1 Å². The monoisotopic (exact) mass is 305 g/mol. The highest BCUT2D eigenvalue weighted by molar-refractivity contribution is 5.27. The van der Waals surface area contributed by atoms with Crippen molar-refractivity contribution in [3.8, 4) is 0 Å². The molecule has 1 aliphatic carbocycles. The molecule has 1 aromatic carbocycles. The fourth-order valence-corrected chi connectivity index (χ4v) is 2.84. The van der Waals surface area contributed by atoms with Gasteiger partial charge in [0.05, 0.1) is 5.56 Å². The molecule has 0 radical (unpaired) electrons. The zero-order valence-corrected chi connectivity index (χ0v) is 11.6. The first-order valence-electron chi connectivity index (χ1n) is 7.11. The molecule has 2 atom stereocenters. The number of rotatable bonds is 4. The van der Waals surface area contributed by atoms with E-state index in [1.54, 1.807) is 0 Å². The highest BCUT2D eigenvalue weighted by Gasteiger charge is 2.34. The molecular formula is C15H19F4NO. The zero-order chi connectivity index (χ0) is 15.5. The summed E-state index contributed by atoms with van der Waals surface area (Å²) in [5.74, 6) is -1.11. The lowest BCUT2D eigenvalue weighted by molar-refractivity contribution is -0.140. The Hall–Kier alpha value is -1.14. The SMILES string of the molecule is OCC1CCCCC1NCc1ccc(F)c(C(F)(F)F)c1. The summed E-state index contributed by atoms with van der Waals surface area (Å²) in [7, 11) is 0. The second-order valence-corrected chi connectivity index (χ2v) is 5.53. The Bertz CT molecular complexity index is 475. The fourth-order valence-electron chi connectivity index (χ4n) is 2.84. The number of aliphatic hydroxyl groups excluding tert-OH is 1. The maximum Gasteiger partial charge on any atom is 0.419 e. The van der Waals surface area contributed by atoms with E-state index in [2.05, 4.69) is 5.32 Å². The molecule has 1 aromatic rings. The van der Waals surface area contributed by atoms with E-state index in [0.717, 1.165) is 37.8 Å². The van der Waals surface area contributed by atoms with Crippen LogP contribution in [0.25, 0.3) is 0 Å². The number of aliphatic hydroxyl groups is 1. The molecule has 2 unspecified atom stereocenters. The van der Waals surface area contributed by atoms with Crippen LogP contribution in [-0.4, -0.2) is 17.8 Å². The van der Waals surface area contributed by atoms with Gasteiger partial charge in [-0.25, -0.2) is 4.39 Å². The van der Waals surface area contributed by atoms with Gasteiger partial charge in [0.15, 0.2) is 0 Å². The van der Waals surface area contributed by atoms with Crippen molar-refractivity contribution in [3.63, 3.8) is 0 Å². The Labute approximate surface area is 121 Å². The van der Waals surface area contributed by atoms with Gasteiger partial charge in [0.2, 0.25) is 0 Å². The second-order valence-electron chi connectivity index (χ2n) is 5.53. The predicted octanol–water partition coefficient (Wildman–Crippen LogP) is 3.49. The molecule has 0 saturated heterocycles. The second kappa shape index (κ2) is 6.75. The van der Waals surface area contributed by atoms with Crippen LogP contribution in [0, 0.1) is 11.7 Å². The summed E-state index contributed by atoms with van der Waals surface area (Å²) >= 11 is 0. The molecule has 0 heterocycles. The molecule has 1 fully saturated rings. The van der Waals surface area contributed by atoms with Gasteiger partial charge in [-0.2, -0.15) is 13.2 Å². The van der Waals surface area contributed by atoms with E-state index in [-0.39, 0.29) is 25.1 Å². The largest absolute Gasteiger partial charge is 0.419 e. The maximum atomic E-state index is 13.2. The molecule has 118 valence electrons. The van der Waals surface area contributed by atoms with Crippen molar-refractivity contribution in [2.45, 2.75) is 44.4 Å². The van der Waals surface area contributed by atoms with Crippen LogP contribution in [0.1, 0.15) is 36.8 Å². The summed E-state index contributed by atoms with van der Waals surface area (Å²) in [5.41, 5.74) is -0.838. The third kappa shape index (κ3) is 4.17. The highest BCUT2D eigenvalue weighted by atomic mass is 19.4. The van der Waals surface area contributed by atoms with Crippen molar-refractivity contribution < 1.29 is 22.7 Å². The molecule has 2 N–H and O–H groups in total. The Morgan fingerprint density at radius 1 is 1.19 bits per heavy atom. The van der Waals surface area contributed by atoms with Gasteiger partial charge in [-0.05, 0) is 36.5 Å². The van der Waals surface area contributed by atoms with E-state index in [0.29, 0.717) is 5.56 Å². The van der Waals surface area contributed by atoms with Gasteiger partial charge in [0.1, 0.15) is 5.82 Å². The van der Waals surface area contributed by atoms with Gasteiger partial charge in [-0.15, -0.1) is 0 Å². The lowest BCUT2D eigenvalue weighted by Gasteiger charge is -2.31. The normalized spacial score (nSPS) is 23.3. The summed E-state index contributed by atoms with van der Waals surface area (Å²) in [6.45, 7) is 0.319. The van der Waals surface area contributed by atoms with E-state index in [1.807, 2.05) is 0 Å². The number of hydrogen-bond donors (Lipinski definition) is 2. The van der Waals surface area contributed by atoms with Gasteiger partial charge < -0.3 is 10.4 Å². The Kier molecular flexibility index (Phi) is 5.22. The Morgan fingerprint density at radius 3 is 2.57 bits per heavy atom. The summed E-state index contributed by atoms with van der Waals surface area (Å²) in [6, 6.07) is 3.15. The first-order valence-corrected chi connectivity index (χ1v) is 7.11. The smallest absolute Gasteiger partial charge is 0.396 e. The van der Waals surface area contributed by atoms with Gasteiger partial charge in [-0.3, -0.25) is 0 Å². The van der Waals surface area contributed by atoms with Gasteiger partial charge in [-0.1, -0.05) is 18.9 Å². The molecule has 1 saturated carbocycles. The standard InChI is InChI=1S/C15H19F4NO/c16-13-6-5-10(7-12(13)15(17,18)19)8-20-14-4-2-1-3-11(14)9-21/h5-7,11,14,20-21H,1-4,8-9H2. The number of benzene rings is 1. The molecule has 2 nitrogen and oxygen atoms in total. The van der Waals surface area contributed by atoms with Crippen molar-refractivity contribution in [1.82, 2.24) is 5.32 Å². The van der Waals surface area contributed by atoms with Crippen LogP contribution in [0.2, 0.25) is 0 Å². The van der Waals surface area contributed by atoms with Crippen LogP contribution < -0.4 is 5.32 Å². The third-order valence-electron chi connectivity index (χ3n) is 4.05. The molecule has 6 heteroatoms. The summed E-state index contributed by atoms with van der Waals surface area (Å²) < 4.78 is 51.1. The number of hydrogen-bond acceptors (Lipinski definition) is 2. The minimum Gasteiger partial charge on any atom is -0.396 e. The van der Waals surface area contributed by atoms with E-state index >= 15 is 0 Å². The first-order chi connectivity index (χ1) is 9.91. The molecule has 2 rings (SSSR count). The van der Waals surface area contributed by atoms with Crippen molar-refractivity contribution in [2.75, 3.05) is 6.61 Å². The fraction of sp³-hybridized carbons (Fsp3) is 0.600. The lowest BCUT2D eigenvalue weighted by Crippen LogP contribution is -2.39. The van der Waals surface area contributed by atoms with Crippen LogP contribution >= 0.6 is 0 Å². The van der Waals surface area contributed by atoms with E-state index in [9.17, 15) is 22.7 Å². The summed E-state index contributed by atoms with van der Waals surface area (Å²) in [6.07, 6.45) is -0.744. The van der Waals surface area contributed by atoms with Crippen molar-refractivity contribution in [1.29, 1.82) is 0 Å². The van der Waals surface area contributed by atoms with Gasteiger partial charge in [0.25, 0.3) is 0 Å². The molecular weight excluding hydrogens is 286 g/mol. The first kappa shape index (κ1) is 16.2. The third-order valence-corrected chi connectivity index (χ3v) is 4.05. The molecule has 0 aliphatic heterocycles. The highest BCUT2D eigenvalue weighted by Crippen LogP contribution is 2.32. The molecule has 0 aromatic heterocycles. The van der Waals surface area contributed by atoms with Crippen LogP contribution in [0.15, 0.2) is 18.2 Å². The minimum atomic E-state index is -4.68. The number of nitrogens with one attached hydrogen (secondary N) is 1. The van der Waals surface area contributed by atoms with Crippen LogP contribution in [0.3, 0.4) is 0 Å². The topological polar surface area (TPSA) is 32.3 Å². The minimum absolute atomic E-state index is 0.0783. The Morgan fingerprint density at radius 2 is 1.90 bits per heavy atom. The van der Waals surface area contributed by atoms with E-state index < -0.39 is 17.6 Å². The zero-order valence-electron chi connectivity index (χ0n) is 11.6. The predicted molar refractivity (Wildman–Crippen MR) is 71.1 cm³/mol. The molecule has 1 aliphatic rings. The molecule has 0 spiro atoms. The van der Waals surface area contributed by atoms with Crippen LogP contribution in [0.5, 0.6) is 0 Å². The summed E-state index contributed by atoms with van der Waals surface area (Å²) in [4.78, 5) is 0. The van der Waals surface area contributed by atoms with E-state index in [4.69, 9.17) is 0 Å². The molecule has 21 heavy (non-hydrogen) atoms. The number of alkyl halides is 3. The molecule has 0 amide bonds. The summed E-state index contributed by atoms with van der Waals surface area (Å²) in [5, 5.41) is 12.5. The quantitative estimate of drug-likeness (QED) is 0.835. The average molecular weight is 305 g/mol. The van der Waals surface area contributed by atoms with Gasteiger partial charge in [0, 0.05) is 19.2 Å². The van der Waals surface area contributed by atoms with Gasteiger partial charge >= 0.3 is 6.18 Å². The lowest BCUT2D eigenvalue weighted by atomic mass is 9.85. The molecule has 0 bridgehead atoms. The van der Waals surface area contributed by atoms with E-state index in [1.165, 1.54) is 6.07 Å². The van der Waals surface area contributed by atoms with Crippen molar-refractivity contribution in [2.24, 2.45) is 5.92 Å². The van der Waals surface area contributed by atoms with Crippen LogP contribution in [-0.2, 0) is 12.7 Å². The maximum absolute atomic E-state index is 13.2. The number of halogens is 4.